The summed E-state index contributed by atoms with van der Waals surface area (Å²) in [6.07, 6.45) is 1.33. The van der Waals surface area contributed by atoms with Crippen molar-refractivity contribution in [1.29, 1.82) is 0 Å². The predicted octanol–water partition coefficient (Wildman–Crippen LogP) is 7.88. The van der Waals surface area contributed by atoms with E-state index in [-0.39, 0.29) is 29.7 Å². The minimum Gasteiger partial charge on any atom is -0.493 e. The number of benzene rings is 4. The van der Waals surface area contributed by atoms with Gasteiger partial charge in [0.05, 0.1) is 13.2 Å². The molecule has 5 heteroatoms. The number of anilines is 1. The second-order valence-electron chi connectivity index (χ2n) is 10.9. The van der Waals surface area contributed by atoms with E-state index in [2.05, 4.69) is 49.5 Å². The topological polar surface area (TPSA) is 47.6 Å². The van der Waals surface area contributed by atoms with Gasteiger partial charge in [0, 0.05) is 28.8 Å². The molecule has 38 heavy (non-hydrogen) atoms. The van der Waals surface area contributed by atoms with Gasteiger partial charge in [0.2, 0.25) is 0 Å². The average Bonchev–Trinajstić information content (AvgIpc) is 2.91. The molecule has 1 heterocycles. The van der Waals surface area contributed by atoms with E-state index in [0.29, 0.717) is 23.5 Å². The fraction of sp³-hybridized carbons (Fsp3) is 0.242. The van der Waals surface area contributed by atoms with Gasteiger partial charge in [0.15, 0.2) is 17.3 Å². The Morgan fingerprint density at radius 3 is 2.55 bits per heavy atom. The van der Waals surface area contributed by atoms with Crippen molar-refractivity contribution in [2.75, 3.05) is 12.4 Å². The number of ketones is 1. The summed E-state index contributed by atoms with van der Waals surface area (Å²) in [5.41, 5.74) is 5.38. The zero-order chi connectivity index (χ0) is 26.4. The van der Waals surface area contributed by atoms with Crippen LogP contribution in [0.3, 0.4) is 0 Å². The van der Waals surface area contributed by atoms with Gasteiger partial charge in [-0.05, 0) is 58.0 Å². The van der Waals surface area contributed by atoms with Crippen molar-refractivity contribution in [3.05, 3.63) is 107 Å². The van der Waals surface area contributed by atoms with Gasteiger partial charge >= 0.3 is 0 Å². The van der Waals surface area contributed by atoms with Crippen molar-refractivity contribution >= 4 is 27.8 Å². The molecule has 192 valence electrons. The SMILES string of the molecule is COc1cc(C2Nc3ccc4ccccc4c3C3=C2C(=O)CC(C)(C)C3)ccc1OCc1ccccc1F. The van der Waals surface area contributed by atoms with Crippen LogP contribution in [0.15, 0.2) is 84.4 Å². The molecule has 4 aromatic rings. The van der Waals surface area contributed by atoms with Crippen molar-refractivity contribution in [3.8, 4) is 11.5 Å². The van der Waals surface area contributed by atoms with E-state index in [9.17, 15) is 9.18 Å². The Bertz CT molecular complexity index is 1600. The van der Waals surface area contributed by atoms with Crippen molar-refractivity contribution in [1.82, 2.24) is 0 Å². The molecule has 0 amide bonds. The highest BCUT2D eigenvalue weighted by Gasteiger charge is 2.41. The normalized spacial score (nSPS) is 18.0. The number of hydrogen-bond donors (Lipinski definition) is 1. The fourth-order valence-electron chi connectivity index (χ4n) is 5.84. The highest BCUT2D eigenvalue weighted by Crippen LogP contribution is 2.52. The number of ether oxygens (including phenoxy) is 2. The zero-order valence-corrected chi connectivity index (χ0v) is 21.8. The Labute approximate surface area is 222 Å². The number of rotatable bonds is 5. The number of carbonyl (C=O) groups is 1. The van der Waals surface area contributed by atoms with Crippen LogP contribution in [0.2, 0.25) is 0 Å². The van der Waals surface area contributed by atoms with Crippen LogP contribution in [0.25, 0.3) is 16.3 Å². The van der Waals surface area contributed by atoms with Crippen molar-refractivity contribution in [2.24, 2.45) is 5.41 Å². The zero-order valence-electron chi connectivity index (χ0n) is 21.8. The number of hydrogen-bond acceptors (Lipinski definition) is 4. The molecule has 4 nitrogen and oxygen atoms in total. The van der Waals surface area contributed by atoms with E-state index in [1.54, 1.807) is 25.3 Å². The fourth-order valence-corrected chi connectivity index (χ4v) is 5.84. The predicted molar refractivity (Wildman–Crippen MR) is 149 cm³/mol. The van der Waals surface area contributed by atoms with Gasteiger partial charge in [0.25, 0.3) is 0 Å². The van der Waals surface area contributed by atoms with Crippen LogP contribution < -0.4 is 14.8 Å². The van der Waals surface area contributed by atoms with Gasteiger partial charge in [-0.1, -0.05) is 68.4 Å². The third-order valence-corrected chi connectivity index (χ3v) is 7.60. The van der Waals surface area contributed by atoms with Crippen LogP contribution in [0, 0.1) is 11.2 Å². The minimum atomic E-state index is -0.309. The van der Waals surface area contributed by atoms with Crippen LogP contribution >= 0.6 is 0 Å². The lowest BCUT2D eigenvalue weighted by Gasteiger charge is -2.40. The first-order chi connectivity index (χ1) is 18.3. The second kappa shape index (κ2) is 9.32. The van der Waals surface area contributed by atoms with Crippen molar-refractivity contribution < 1.29 is 18.7 Å². The molecule has 1 unspecified atom stereocenters. The lowest BCUT2D eigenvalue weighted by atomic mass is 9.68. The molecule has 1 aliphatic heterocycles. The van der Waals surface area contributed by atoms with Gasteiger partial charge in [-0.3, -0.25) is 4.79 Å². The molecule has 2 aliphatic rings. The van der Waals surface area contributed by atoms with Crippen LogP contribution in [0.4, 0.5) is 10.1 Å². The third-order valence-electron chi connectivity index (χ3n) is 7.60. The van der Waals surface area contributed by atoms with Gasteiger partial charge < -0.3 is 14.8 Å². The summed E-state index contributed by atoms with van der Waals surface area (Å²) in [4.78, 5) is 13.7. The van der Waals surface area contributed by atoms with E-state index in [4.69, 9.17) is 9.47 Å². The number of methoxy groups -OCH3 is 1. The highest BCUT2D eigenvalue weighted by molar-refractivity contribution is 6.12. The third kappa shape index (κ3) is 4.22. The van der Waals surface area contributed by atoms with Crippen LogP contribution in [0.1, 0.15) is 49.4 Å². The van der Waals surface area contributed by atoms with Gasteiger partial charge in [-0.2, -0.15) is 0 Å². The number of fused-ring (bicyclic) bond motifs is 4. The Hall–Kier alpha value is -4.12. The van der Waals surface area contributed by atoms with Crippen molar-refractivity contribution in [2.45, 2.75) is 39.3 Å². The highest BCUT2D eigenvalue weighted by atomic mass is 19.1. The number of Topliss-reactive ketones (excluding diaryl/α,β-unsaturated/α-hetero) is 1. The first-order valence-electron chi connectivity index (χ1n) is 12.9. The van der Waals surface area contributed by atoms with Gasteiger partial charge in [-0.15, -0.1) is 0 Å². The summed E-state index contributed by atoms with van der Waals surface area (Å²) in [6, 6.07) is 24.5. The number of allylic oxidation sites excluding steroid dienone is 1. The van der Waals surface area contributed by atoms with E-state index in [1.807, 2.05) is 24.3 Å². The largest absolute Gasteiger partial charge is 0.493 e. The lowest BCUT2D eigenvalue weighted by molar-refractivity contribution is -0.118. The Morgan fingerprint density at radius 2 is 1.74 bits per heavy atom. The summed E-state index contributed by atoms with van der Waals surface area (Å²) >= 11 is 0. The smallest absolute Gasteiger partial charge is 0.162 e. The Morgan fingerprint density at radius 1 is 0.947 bits per heavy atom. The quantitative estimate of drug-likeness (QED) is 0.299. The molecule has 0 saturated heterocycles. The molecule has 0 aromatic heterocycles. The Kier molecular flexibility index (Phi) is 5.94. The first kappa shape index (κ1) is 24.2. The second-order valence-corrected chi connectivity index (χ2v) is 10.9. The van der Waals surface area contributed by atoms with E-state index in [1.165, 1.54) is 6.07 Å². The molecular weight excluding hydrogens is 477 g/mol. The first-order valence-corrected chi connectivity index (χ1v) is 12.9. The molecule has 1 atom stereocenters. The average molecular weight is 508 g/mol. The van der Waals surface area contributed by atoms with Crippen LogP contribution in [-0.4, -0.2) is 12.9 Å². The summed E-state index contributed by atoms with van der Waals surface area (Å²) in [5.74, 6) is 0.924. The number of halogens is 1. The van der Waals surface area contributed by atoms with Crippen molar-refractivity contribution in [3.63, 3.8) is 0 Å². The monoisotopic (exact) mass is 507 g/mol. The van der Waals surface area contributed by atoms with E-state index >= 15 is 0 Å². The summed E-state index contributed by atoms with van der Waals surface area (Å²) in [7, 11) is 1.59. The standard InChI is InChI=1S/C33H30FNO3/c1-33(2)17-24-30-23-10-6-4-8-20(23)12-14-26(30)35-32(31(24)27(36)18-33)21-13-15-28(29(16-21)37-3)38-19-22-9-5-7-11-25(22)34/h4-16,32,35H,17-19H2,1-3H3. The molecular formula is C33H30FNO3. The van der Waals surface area contributed by atoms with E-state index in [0.717, 1.165) is 45.2 Å². The molecule has 6 rings (SSSR count). The Balaban J connectivity index is 1.42. The number of carbonyl (C=O) groups excluding carboxylic acids is 1. The molecule has 0 radical (unpaired) electrons. The molecule has 0 bridgehead atoms. The summed E-state index contributed by atoms with van der Waals surface area (Å²) in [5, 5.41) is 5.99. The molecule has 0 saturated carbocycles. The molecule has 4 aromatic carbocycles. The maximum atomic E-state index is 14.1. The van der Waals surface area contributed by atoms with Crippen LogP contribution in [0.5, 0.6) is 11.5 Å². The maximum absolute atomic E-state index is 14.1. The molecule has 1 aliphatic carbocycles. The minimum absolute atomic E-state index is 0.0907. The lowest BCUT2D eigenvalue weighted by Crippen LogP contribution is -2.33. The maximum Gasteiger partial charge on any atom is 0.162 e. The van der Waals surface area contributed by atoms with Crippen LogP contribution in [-0.2, 0) is 11.4 Å². The molecule has 0 fully saturated rings. The molecule has 1 N–H and O–H groups in total. The molecule has 0 spiro atoms. The van der Waals surface area contributed by atoms with Gasteiger partial charge in [0.1, 0.15) is 12.4 Å². The summed E-state index contributed by atoms with van der Waals surface area (Å²) in [6.45, 7) is 4.43. The van der Waals surface area contributed by atoms with E-state index < -0.39 is 0 Å². The van der Waals surface area contributed by atoms with Gasteiger partial charge in [-0.25, -0.2) is 4.39 Å². The summed E-state index contributed by atoms with van der Waals surface area (Å²) < 4.78 is 25.7. The number of nitrogens with one attached hydrogen (secondary N) is 1.